The maximum absolute atomic E-state index is 13.6. The summed E-state index contributed by atoms with van der Waals surface area (Å²) in [6.45, 7) is 0.712. The van der Waals surface area contributed by atoms with Crippen molar-refractivity contribution in [2.75, 3.05) is 20.8 Å². The van der Waals surface area contributed by atoms with Crippen LogP contribution in [0.25, 0.3) is 0 Å². The molecule has 0 aliphatic carbocycles. The Hall–Kier alpha value is -3.37. The van der Waals surface area contributed by atoms with Crippen LogP contribution < -0.4 is 9.47 Å². The number of non-ortho nitro benzene ring substituents is 1. The van der Waals surface area contributed by atoms with E-state index in [1.54, 1.807) is 25.3 Å². The zero-order valence-corrected chi connectivity index (χ0v) is 17.8. The zero-order valence-electron chi connectivity index (χ0n) is 17.0. The third kappa shape index (κ3) is 3.64. The average molecular weight is 443 g/mol. The van der Waals surface area contributed by atoms with Crippen molar-refractivity contribution in [1.29, 1.82) is 0 Å². The molecule has 0 amide bonds. The summed E-state index contributed by atoms with van der Waals surface area (Å²) in [4.78, 5) is 10.4. The van der Waals surface area contributed by atoms with Crippen LogP contribution in [0.5, 0.6) is 11.5 Å². The first-order chi connectivity index (χ1) is 14.9. The number of hydrogen-bond donors (Lipinski definition) is 0. The molecule has 31 heavy (non-hydrogen) atoms. The molecule has 4 rings (SSSR count). The second kappa shape index (κ2) is 8.05. The first-order valence-corrected chi connectivity index (χ1v) is 10.9. The average Bonchev–Trinajstić information content (AvgIpc) is 3.27. The molecule has 1 aromatic heterocycles. The highest BCUT2D eigenvalue weighted by Crippen LogP contribution is 2.41. The summed E-state index contributed by atoms with van der Waals surface area (Å²) in [5.41, 5.74) is 1.27. The molecule has 3 aromatic rings. The number of benzene rings is 2. The van der Waals surface area contributed by atoms with E-state index >= 15 is 0 Å². The summed E-state index contributed by atoms with van der Waals surface area (Å²) in [5.74, 6) is 1.11. The highest BCUT2D eigenvalue weighted by molar-refractivity contribution is 7.89. The topological polar surface area (TPSA) is 104 Å². The fourth-order valence-corrected chi connectivity index (χ4v) is 5.44. The molecule has 9 nitrogen and oxygen atoms in total. The van der Waals surface area contributed by atoms with Crippen LogP contribution in [0.15, 0.2) is 65.7 Å². The first-order valence-electron chi connectivity index (χ1n) is 9.50. The van der Waals surface area contributed by atoms with Gasteiger partial charge in [-0.1, -0.05) is 0 Å². The van der Waals surface area contributed by atoms with Crippen LogP contribution in [0.2, 0.25) is 0 Å². The molecule has 162 valence electrons. The molecular formula is C21H21N3O6S. The van der Waals surface area contributed by atoms with Gasteiger partial charge < -0.3 is 14.0 Å². The second-order valence-electron chi connectivity index (χ2n) is 7.00. The maximum Gasteiger partial charge on any atom is 0.269 e. The third-order valence-electron chi connectivity index (χ3n) is 5.38. The molecule has 0 saturated carbocycles. The number of nitro groups is 1. The molecule has 0 radical (unpaired) electrons. The van der Waals surface area contributed by atoms with Gasteiger partial charge in [-0.05, 0) is 42.5 Å². The number of methoxy groups -OCH3 is 2. The van der Waals surface area contributed by atoms with Crippen molar-refractivity contribution in [2.24, 2.45) is 0 Å². The van der Waals surface area contributed by atoms with Gasteiger partial charge in [0.05, 0.1) is 30.1 Å². The number of hydrogen-bond acceptors (Lipinski definition) is 6. The first kappa shape index (κ1) is 20.9. The van der Waals surface area contributed by atoms with Crippen LogP contribution in [0.3, 0.4) is 0 Å². The molecule has 0 fully saturated rings. The fraction of sp³-hybridized carbons (Fsp3) is 0.238. The molecule has 0 unspecified atom stereocenters. The van der Waals surface area contributed by atoms with E-state index in [4.69, 9.17) is 9.47 Å². The number of fused-ring (bicyclic) bond motifs is 1. The predicted octanol–water partition coefficient (Wildman–Crippen LogP) is 3.21. The fourth-order valence-electron chi connectivity index (χ4n) is 3.86. The maximum atomic E-state index is 13.6. The van der Waals surface area contributed by atoms with E-state index < -0.39 is 21.0 Å². The van der Waals surface area contributed by atoms with E-state index in [2.05, 4.69) is 0 Å². The molecule has 10 heteroatoms. The van der Waals surface area contributed by atoms with Crippen LogP contribution in [0, 0.1) is 10.1 Å². The molecule has 0 spiro atoms. The summed E-state index contributed by atoms with van der Waals surface area (Å²) < 4.78 is 41.5. The SMILES string of the molecule is COc1ccc(OC)c([C@@H]2c3cccn3CCN2S(=O)(=O)c2ccc([N+](=O)[O-])cc2)c1. The molecule has 1 aliphatic rings. The highest BCUT2D eigenvalue weighted by atomic mass is 32.2. The Morgan fingerprint density at radius 2 is 1.77 bits per heavy atom. The van der Waals surface area contributed by atoms with Crippen molar-refractivity contribution in [2.45, 2.75) is 17.5 Å². The van der Waals surface area contributed by atoms with E-state index in [0.29, 0.717) is 23.6 Å². The van der Waals surface area contributed by atoms with Crippen LogP contribution in [-0.4, -0.2) is 43.0 Å². The van der Waals surface area contributed by atoms with E-state index in [1.807, 2.05) is 22.9 Å². The van der Waals surface area contributed by atoms with Gasteiger partial charge in [0.25, 0.3) is 5.69 Å². The van der Waals surface area contributed by atoms with Gasteiger partial charge in [0, 0.05) is 42.7 Å². The standard InChI is InChI=1S/C21H21N3O6S/c1-29-16-7-10-20(30-2)18(14-16)21-19-4-3-11-22(19)12-13-23(21)31(27,28)17-8-5-15(6-9-17)24(25)26/h3-11,14,21H,12-13H2,1-2H3/t21-/m1/s1. The Kier molecular flexibility index (Phi) is 5.42. The third-order valence-corrected chi connectivity index (χ3v) is 7.26. The minimum absolute atomic E-state index is 0.00929. The Morgan fingerprint density at radius 1 is 1.03 bits per heavy atom. The van der Waals surface area contributed by atoms with Gasteiger partial charge in [-0.25, -0.2) is 8.42 Å². The second-order valence-corrected chi connectivity index (χ2v) is 8.89. The van der Waals surface area contributed by atoms with E-state index in [9.17, 15) is 18.5 Å². The zero-order chi connectivity index (χ0) is 22.2. The number of rotatable bonds is 6. The molecule has 0 bridgehead atoms. The molecule has 0 saturated heterocycles. The van der Waals surface area contributed by atoms with E-state index in [0.717, 1.165) is 5.69 Å². The number of aromatic nitrogens is 1. The van der Waals surface area contributed by atoms with Gasteiger partial charge in [-0.2, -0.15) is 4.31 Å². The minimum Gasteiger partial charge on any atom is -0.497 e. The summed E-state index contributed by atoms with van der Waals surface area (Å²) in [5, 5.41) is 11.0. The smallest absolute Gasteiger partial charge is 0.269 e. The Balaban J connectivity index is 1.86. The Morgan fingerprint density at radius 3 is 2.42 bits per heavy atom. The minimum atomic E-state index is -3.97. The quantitative estimate of drug-likeness (QED) is 0.428. The highest BCUT2D eigenvalue weighted by Gasteiger charge is 2.39. The number of sulfonamides is 1. The lowest BCUT2D eigenvalue weighted by molar-refractivity contribution is -0.384. The molecule has 0 N–H and O–H groups in total. The van der Waals surface area contributed by atoms with Crippen LogP contribution in [0.4, 0.5) is 5.69 Å². The number of nitrogens with zero attached hydrogens (tertiary/aromatic N) is 3. The van der Waals surface area contributed by atoms with Gasteiger partial charge in [0.1, 0.15) is 11.5 Å². The van der Waals surface area contributed by atoms with Gasteiger partial charge in [-0.15, -0.1) is 0 Å². The van der Waals surface area contributed by atoms with Crippen molar-refractivity contribution < 1.29 is 22.8 Å². The van der Waals surface area contributed by atoms with Crippen molar-refractivity contribution in [1.82, 2.24) is 8.87 Å². The van der Waals surface area contributed by atoms with Crippen molar-refractivity contribution in [3.8, 4) is 11.5 Å². The lowest BCUT2D eigenvalue weighted by Crippen LogP contribution is -2.42. The molecule has 2 aromatic carbocycles. The largest absolute Gasteiger partial charge is 0.497 e. The molecule has 1 atom stereocenters. The summed E-state index contributed by atoms with van der Waals surface area (Å²) in [6.07, 6.45) is 1.91. The van der Waals surface area contributed by atoms with Gasteiger partial charge in [-0.3, -0.25) is 10.1 Å². The Labute approximate surface area is 179 Å². The van der Waals surface area contributed by atoms with Crippen LogP contribution >= 0.6 is 0 Å². The van der Waals surface area contributed by atoms with Crippen molar-refractivity contribution >= 4 is 15.7 Å². The van der Waals surface area contributed by atoms with Gasteiger partial charge in [0.15, 0.2) is 0 Å². The Bertz CT molecular complexity index is 1220. The molecular weight excluding hydrogens is 422 g/mol. The molecule has 2 heterocycles. The number of ether oxygens (including phenoxy) is 2. The van der Waals surface area contributed by atoms with Gasteiger partial charge in [0.2, 0.25) is 10.0 Å². The van der Waals surface area contributed by atoms with Crippen LogP contribution in [-0.2, 0) is 16.6 Å². The number of nitro benzene ring substituents is 1. The van der Waals surface area contributed by atoms with Crippen molar-refractivity contribution in [3.63, 3.8) is 0 Å². The van der Waals surface area contributed by atoms with E-state index in [-0.39, 0.29) is 17.1 Å². The lowest BCUT2D eigenvalue weighted by Gasteiger charge is -2.37. The predicted molar refractivity (Wildman–Crippen MR) is 113 cm³/mol. The summed E-state index contributed by atoms with van der Waals surface area (Å²) in [7, 11) is -0.894. The van der Waals surface area contributed by atoms with Gasteiger partial charge >= 0.3 is 0 Å². The molecule has 1 aliphatic heterocycles. The van der Waals surface area contributed by atoms with Crippen molar-refractivity contribution in [3.05, 3.63) is 82.2 Å². The normalized spacial score (nSPS) is 16.5. The van der Waals surface area contributed by atoms with Crippen LogP contribution in [0.1, 0.15) is 17.3 Å². The van der Waals surface area contributed by atoms with E-state index in [1.165, 1.54) is 35.7 Å². The monoisotopic (exact) mass is 443 g/mol. The lowest BCUT2D eigenvalue weighted by atomic mass is 10.0. The summed E-state index contributed by atoms with van der Waals surface area (Å²) >= 11 is 0. The summed E-state index contributed by atoms with van der Waals surface area (Å²) in [6, 6.07) is 13.3.